The van der Waals surface area contributed by atoms with E-state index in [1.807, 2.05) is 26.8 Å². The summed E-state index contributed by atoms with van der Waals surface area (Å²) in [5.41, 5.74) is -0.136. The van der Waals surface area contributed by atoms with Crippen LogP contribution in [0.1, 0.15) is 51.8 Å². The maximum absolute atomic E-state index is 12.9. The zero-order valence-electron chi connectivity index (χ0n) is 13.5. The number of carbonyl (C=O) groups excluding carboxylic acids is 1. The van der Waals surface area contributed by atoms with Crippen molar-refractivity contribution in [1.82, 2.24) is 15.1 Å². The molecule has 0 amide bonds. The Morgan fingerprint density at radius 2 is 2.36 bits per heavy atom. The second-order valence-electron chi connectivity index (χ2n) is 7.43. The number of hydrogen-bond donors (Lipinski definition) is 2. The summed E-state index contributed by atoms with van der Waals surface area (Å²) in [4.78, 5) is 15.1. The minimum atomic E-state index is -0.601. The van der Waals surface area contributed by atoms with Gasteiger partial charge in [0.2, 0.25) is 0 Å². The van der Waals surface area contributed by atoms with Gasteiger partial charge in [-0.2, -0.15) is 5.10 Å². The van der Waals surface area contributed by atoms with Gasteiger partial charge in [0.05, 0.1) is 11.7 Å². The van der Waals surface area contributed by atoms with Gasteiger partial charge in [-0.3, -0.25) is 14.8 Å². The van der Waals surface area contributed by atoms with E-state index in [9.17, 15) is 9.90 Å². The molecule has 3 heterocycles. The number of fused-ring (bicyclic) bond motifs is 1. The zero-order valence-corrected chi connectivity index (χ0v) is 13.5. The molecule has 0 bridgehead atoms. The van der Waals surface area contributed by atoms with E-state index < -0.39 is 11.1 Å². The fourth-order valence-corrected chi connectivity index (χ4v) is 4.02. The van der Waals surface area contributed by atoms with Crippen molar-refractivity contribution in [3.63, 3.8) is 0 Å². The number of nitrogens with zero attached hydrogens (tertiary/aromatic N) is 2. The van der Waals surface area contributed by atoms with Crippen molar-refractivity contribution < 1.29 is 14.6 Å². The lowest BCUT2D eigenvalue weighted by Crippen LogP contribution is -2.49. The van der Waals surface area contributed by atoms with Crippen LogP contribution in [0, 0.1) is 5.92 Å². The molecule has 3 rings (SSSR count). The van der Waals surface area contributed by atoms with Crippen LogP contribution < -0.4 is 0 Å². The molecule has 1 aromatic heterocycles. The molecule has 0 aliphatic carbocycles. The van der Waals surface area contributed by atoms with Gasteiger partial charge in [-0.25, -0.2) is 0 Å². The van der Waals surface area contributed by atoms with Crippen molar-refractivity contribution in [1.29, 1.82) is 0 Å². The summed E-state index contributed by atoms with van der Waals surface area (Å²) in [6.45, 7) is 6.59. The average Bonchev–Trinajstić information content (AvgIpc) is 3.10. The van der Waals surface area contributed by atoms with Crippen LogP contribution in [0.25, 0.3) is 0 Å². The number of aliphatic hydroxyl groups is 1. The van der Waals surface area contributed by atoms with Gasteiger partial charge in [-0.05, 0) is 46.1 Å². The van der Waals surface area contributed by atoms with E-state index in [1.54, 1.807) is 6.20 Å². The van der Waals surface area contributed by atoms with Crippen molar-refractivity contribution in [2.45, 2.75) is 57.2 Å². The minimum Gasteiger partial charge on any atom is -0.459 e. The quantitative estimate of drug-likeness (QED) is 0.830. The van der Waals surface area contributed by atoms with Gasteiger partial charge in [0, 0.05) is 25.3 Å². The van der Waals surface area contributed by atoms with E-state index in [-0.39, 0.29) is 24.5 Å². The number of esters is 1. The number of hydrogen-bond acceptors (Lipinski definition) is 5. The van der Waals surface area contributed by atoms with Gasteiger partial charge in [-0.1, -0.05) is 0 Å². The molecule has 0 saturated carbocycles. The molecule has 2 aliphatic rings. The molecular weight excluding hydrogens is 282 g/mol. The molecule has 0 radical (unpaired) electrons. The van der Waals surface area contributed by atoms with Crippen molar-refractivity contribution in [3.05, 3.63) is 18.0 Å². The smallest absolute Gasteiger partial charge is 0.327 e. The maximum atomic E-state index is 12.9. The average molecular weight is 307 g/mol. The molecule has 6 nitrogen and oxygen atoms in total. The molecule has 22 heavy (non-hydrogen) atoms. The highest BCUT2D eigenvalue weighted by Gasteiger charge is 2.60. The number of aromatic nitrogens is 2. The molecule has 0 aromatic carbocycles. The first-order chi connectivity index (χ1) is 10.4. The van der Waals surface area contributed by atoms with E-state index in [0.717, 1.165) is 25.1 Å². The van der Waals surface area contributed by atoms with Gasteiger partial charge in [0.25, 0.3) is 0 Å². The van der Waals surface area contributed by atoms with E-state index in [0.29, 0.717) is 6.42 Å². The highest BCUT2D eigenvalue weighted by molar-refractivity contribution is 5.82. The summed E-state index contributed by atoms with van der Waals surface area (Å²) in [5, 5.41) is 16.8. The highest BCUT2D eigenvalue weighted by Crippen LogP contribution is 2.52. The van der Waals surface area contributed by atoms with Crippen LogP contribution >= 0.6 is 0 Å². The molecule has 3 atom stereocenters. The van der Waals surface area contributed by atoms with Crippen molar-refractivity contribution in [2.75, 3.05) is 13.2 Å². The Labute approximate surface area is 130 Å². The summed E-state index contributed by atoms with van der Waals surface area (Å²) in [6.07, 6.45) is 4.13. The van der Waals surface area contributed by atoms with Crippen LogP contribution in [0.15, 0.2) is 12.3 Å². The first-order valence-electron chi connectivity index (χ1n) is 7.98. The van der Waals surface area contributed by atoms with Gasteiger partial charge >= 0.3 is 5.97 Å². The number of nitrogens with one attached hydrogen (secondary N) is 1. The van der Waals surface area contributed by atoms with Crippen LogP contribution in [-0.4, -0.2) is 50.5 Å². The fourth-order valence-electron chi connectivity index (χ4n) is 4.02. The van der Waals surface area contributed by atoms with Crippen LogP contribution in [0.2, 0.25) is 0 Å². The normalized spacial score (nSPS) is 32.2. The summed E-state index contributed by atoms with van der Waals surface area (Å²) in [7, 11) is 0. The fraction of sp³-hybridized carbons (Fsp3) is 0.750. The SMILES string of the molecule is CC(C)(C)OC(=O)[C@@]12CCCN1[C@@H](c1ccn[nH]1)[C@@H](CO)C2. The molecule has 6 heteroatoms. The lowest BCUT2D eigenvalue weighted by molar-refractivity contribution is -0.167. The Morgan fingerprint density at radius 1 is 1.59 bits per heavy atom. The standard InChI is InChI=1S/C16H25N3O3/c1-15(2,3)22-14(21)16-6-4-8-19(16)13(11(9-16)10-20)12-5-7-17-18-12/h5,7,11,13,20H,4,6,8-10H2,1-3H3,(H,17,18)/t11-,13-,16+/m1/s1. The van der Waals surface area contributed by atoms with Gasteiger partial charge in [0.15, 0.2) is 0 Å². The Morgan fingerprint density at radius 3 is 2.95 bits per heavy atom. The first kappa shape index (κ1) is 15.5. The third-order valence-electron chi connectivity index (χ3n) is 4.78. The van der Waals surface area contributed by atoms with Gasteiger partial charge in [-0.15, -0.1) is 0 Å². The Bertz CT molecular complexity index is 537. The largest absolute Gasteiger partial charge is 0.459 e. The number of H-pyrrole nitrogens is 1. The minimum absolute atomic E-state index is 0.00233. The van der Waals surface area contributed by atoms with Crippen LogP contribution in [-0.2, 0) is 9.53 Å². The number of ether oxygens (including phenoxy) is 1. The Kier molecular flexibility index (Phi) is 3.77. The molecular formula is C16H25N3O3. The lowest BCUT2D eigenvalue weighted by atomic mass is 9.88. The second-order valence-corrected chi connectivity index (χ2v) is 7.43. The Hall–Kier alpha value is -1.40. The molecule has 0 unspecified atom stereocenters. The molecule has 0 spiro atoms. The summed E-state index contributed by atoms with van der Waals surface area (Å²) in [6, 6.07) is 1.93. The zero-order chi connectivity index (χ0) is 16.0. The molecule has 2 aliphatic heterocycles. The summed E-state index contributed by atoms with van der Waals surface area (Å²) < 4.78 is 5.70. The third-order valence-corrected chi connectivity index (χ3v) is 4.78. The summed E-state index contributed by atoms with van der Waals surface area (Å²) in [5.74, 6) is -0.133. The maximum Gasteiger partial charge on any atom is 0.327 e. The van der Waals surface area contributed by atoms with E-state index >= 15 is 0 Å². The predicted molar refractivity (Wildman–Crippen MR) is 81.0 cm³/mol. The molecule has 122 valence electrons. The van der Waals surface area contributed by atoms with E-state index in [2.05, 4.69) is 15.1 Å². The molecule has 1 aromatic rings. The molecule has 2 fully saturated rings. The van der Waals surface area contributed by atoms with Crippen molar-refractivity contribution >= 4 is 5.97 Å². The van der Waals surface area contributed by atoms with Crippen LogP contribution in [0.3, 0.4) is 0 Å². The highest BCUT2D eigenvalue weighted by atomic mass is 16.6. The predicted octanol–water partition coefficient (Wildman–Crippen LogP) is 1.64. The van der Waals surface area contributed by atoms with E-state index in [4.69, 9.17) is 4.74 Å². The molecule has 2 saturated heterocycles. The van der Waals surface area contributed by atoms with Crippen molar-refractivity contribution in [2.24, 2.45) is 5.92 Å². The lowest BCUT2D eigenvalue weighted by Gasteiger charge is -2.35. The number of aliphatic hydroxyl groups excluding tert-OH is 1. The first-order valence-corrected chi connectivity index (χ1v) is 7.98. The van der Waals surface area contributed by atoms with Crippen molar-refractivity contribution in [3.8, 4) is 0 Å². The van der Waals surface area contributed by atoms with E-state index in [1.165, 1.54) is 0 Å². The third kappa shape index (κ3) is 2.44. The van der Waals surface area contributed by atoms with Crippen LogP contribution in [0.5, 0.6) is 0 Å². The molecule has 2 N–H and O–H groups in total. The topological polar surface area (TPSA) is 78.5 Å². The Balaban J connectivity index is 1.93. The number of rotatable bonds is 3. The number of carbonyl (C=O) groups is 1. The van der Waals surface area contributed by atoms with Gasteiger partial charge in [0.1, 0.15) is 11.1 Å². The summed E-state index contributed by atoms with van der Waals surface area (Å²) >= 11 is 0. The second kappa shape index (κ2) is 5.35. The van der Waals surface area contributed by atoms with Gasteiger partial charge < -0.3 is 9.84 Å². The monoisotopic (exact) mass is 307 g/mol. The van der Waals surface area contributed by atoms with Crippen LogP contribution in [0.4, 0.5) is 0 Å². The number of aromatic amines is 1.